The third kappa shape index (κ3) is 5.73. The molecule has 6 nitrogen and oxygen atoms in total. The normalized spacial score (nSPS) is 11.2. The predicted molar refractivity (Wildman–Crippen MR) is 113 cm³/mol. The number of anilines is 1. The summed E-state index contributed by atoms with van der Waals surface area (Å²) in [4.78, 5) is 12.3. The number of hydrogen-bond donors (Lipinski definition) is 1. The Hall–Kier alpha value is -2.54. The SMILES string of the molecule is Cc1ccc(OCCNC(=O)CN(c2c(C)cccc2C)S(C)(=O)=O)cc1C. The van der Waals surface area contributed by atoms with Gasteiger partial charge in [-0.3, -0.25) is 9.10 Å². The highest BCUT2D eigenvalue weighted by Crippen LogP contribution is 2.26. The van der Waals surface area contributed by atoms with Gasteiger partial charge in [-0.2, -0.15) is 0 Å². The minimum atomic E-state index is -3.60. The average Bonchev–Trinajstić information content (AvgIpc) is 2.60. The van der Waals surface area contributed by atoms with Crippen molar-refractivity contribution in [2.75, 3.05) is 30.3 Å². The summed E-state index contributed by atoms with van der Waals surface area (Å²) in [6, 6.07) is 11.3. The Morgan fingerprint density at radius 3 is 2.21 bits per heavy atom. The van der Waals surface area contributed by atoms with Crippen molar-refractivity contribution in [1.82, 2.24) is 5.32 Å². The minimum absolute atomic E-state index is 0.270. The van der Waals surface area contributed by atoms with Gasteiger partial charge in [0.2, 0.25) is 15.9 Å². The highest BCUT2D eigenvalue weighted by molar-refractivity contribution is 7.92. The summed E-state index contributed by atoms with van der Waals surface area (Å²) in [5, 5.41) is 2.72. The van der Waals surface area contributed by atoms with E-state index in [1.54, 1.807) is 0 Å². The molecule has 152 valence electrons. The smallest absolute Gasteiger partial charge is 0.240 e. The van der Waals surface area contributed by atoms with Crippen LogP contribution in [0, 0.1) is 27.7 Å². The van der Waals surface area contributed by atoms with Gasteiger partial charge in [-0.1, -0.05) is 24.3 Å². The van der Waals surface area contributed by atoms with Gasteiger partial charge in [0, 0.05) is 0 Å². The molecule has 2 aromatic carbocycles. The molecule has 0 aliphatic carbocycles. The van der Waals surface area contributed by atoms with E-state index in [4.69, 9.17) is 4.74 Å². The molecule has 28 heavy (non-hydrogen) atoms. The fourth-order valence-electron chi connectivity index (χ4n) is 2.91. The number of rotatable bonds is 8. The second-order valence-corrected chi connectivity index (χ2v) is 8.86. The first-order valence-electron chi connectivity index (χ1n) is 9.10. The van der Waals surface area contributed by atoms with Gasteiger partial charge in [0.15, 0.2) is 0 Å². The summed E-state index contributed by atoms with van der Waals surface area (Å²) in [5.41, 5.74) is 4.48. The Labute approximate surface area is 167 Å². The second-order valence-electron chi connectivity index (χ2n) is 6.95. The Morgan fingerprint density at radius 2 is 1.64 bits per heavy atom. The van der Waals surface area contributed by atoms with Crippen molar-refractivity contribution in [2.45, 2.75) is 27.7 Å². The van der Waals surface area contributed by atoms with E-state index in [0.717, 1.165) is 33.0 Å². The molecule has 0 bridgehead atoms. The number of nitrogens with one attached hydrogen (secondary N) is 1. The molecule has 2 rings (SSSR count). The Morgan fingerprint density at radius 1 is 1.00 bits per heavy atom. The monoisotopic (exact) mass is 404 g/mol. The van der Waals surface area contributed by atoms with Crippen LogP contribution >= 0.6 is 0 Å². The van der Waals surface area contributed by atoms with Gasteiger partial charge in [0.05, 0.1) is 18.5 Å². The Balaban J connectivity index is 1.96. The molecule has 0 fully saturated rings. The molecule has 1 amide bonds. The molecule has 0 atom stereocenters. The van der Waals surface area contributed by atoms with Gasteiger partial charge in [-0.25, -0.2) is 8.42 Å². The zero-order valence-electron chi connectivity index (χ0n) is 17.1. The van der Waals surface area contributed by atoms with Crippen LogP contribution in [0.5, 0.6) is 5.75 Å². The van der Waals surface area contributed by atoms with E-state index in [1.807, 2.05) is 64.1 Å². The van der Waals surface area contributed by atoms with Crippen LogP contribution in [0.25, 0.3) is 0 Å². The number of carbonyl (C=O) groups excluding carboxylic acids is 1. The van der Waals surface area contributed by atoms with Crippen LogP contribution in [0.1, 0.15) is 22.3 Å². The van der Waals surface area contributed by atoms with Gasteiger partial charge in [0.1, 0.15) is 18.9 Å². The number of amides is 1. The van der Waals surface area contributed by atoms with Crippen molar-refractivity contribution in [2.24, 2.45) is 0 Å². The van der Waals surface area contributed by atoms with Gasteiger partial charge in [0.25, 0.3) is 0 Å². The van der Waals surface area contributed by atoms with Crippen LogP contribution < -0.4 is 14.4 Å². The van der Waals surface area contributed by atoms with Crippen LogP contribution in [-0.4, -0.2) is 40.3 Å². The molecule has 0 heterocycles. The molecule has 0 saturated carbocycles. The summed E-state index contributed by atoms with van der Waals surface area (Å²) in [6.07, 6.45) is 1.11. The van der Waals surface area contributed by atoms with Crippen LogP contribution in [0.2, 0.25) is 0 Å². The van der Waals surface area contributed by atoms with Crippen molar-refractivity contribution in [3.63, 3.8) is 0 Å². The molecule has 0 aliphatic heterocycles. The lowest BCUT2D eigenvalue weighted by Crippen LogP contribution is -2.42. The summed E-state index contributed by atoms with van der Waals surface area (Å²) >= 11 is 0. The number of hydrogen-bond acceptors (Lipinski definition) is 4. The number of ether oxygens (including phenoxy) is 1. The molecule has 0 radical (unpaired) electrons. The zero-order valence-corrected chi connectivity index (χ0v) is 17.9. The van der Waals surface area contributed by atoms with Crippen molar-refractivity contribution < 1.29 is 17.9 Å². The van der Waals surface area contributed by atoms with Gasteiger partial charge in [-0.15, -0.1) is 0 Å². The maximum atomic E-state index is 12.3. The molecule has 0 unspecified atom stereocenters. The molecule has 0 spiro atoms. The first kappa shape index (κ1) is 21.8. The van der Waals surface area contributed by atoms with E-state index in [1.165, 1.54) is 5.56 Å². The largest absolute Gasteiger partial charge is 0.492 e. The van der Waals surface area contributed by atoms with E-state index in [2.05, 4.69) is 5.32 Å². The minimum Gasteiger partial charge on any atom is -0.492 e. The first-order valence-corrected chi connectivity index (χ1v) is 10.9. The number of sulfonamides is 1. The molecule has 0 saturated heterocycles. The third-order valence-electron chi connectivity index (χ3n) is 4.55. The van der Waals surface area contributed by atoms with E-state index >= 15 is 0 Å². The van der Waals surface area contributed by atoms with Crippen LogP contribution in [-0.2, 0) is 14.8 Å². The Bertz CT molecular complexity index is 935. The predicted octanol–water partition coefficient (Wildman–Crippen LogP) is 2.88. The second kappa shape index (κ2) is 9.10. The molecule has 7 heteroatoms. The lowest BCUT2D eigenvalue weighted by atomic mass is 10.1. The van der Waals surface area contributed by atoms with Crippen LogP contribution in [0.4, 0.5) is 5.69 Å². The molecule has 1 N–H and O–H groups in total. The zero-order chi connectivity index (χ0) is 20.9. The maximum Gasteiger partial charge on any atom is 0.240 e. The summed E-state index contributed by atoms with van der Waals surface area (Å²) in [6.45, 7) is 8.02. The standard InChI is InChI=1S/C21H28N2O4S/c1-15-9-10-19(13-18(15)4)27-12-11-22-20(24)14-23(28(5,25)26)21-16(2)7-6-8-17(21)3/h6-10,13H,11-12,14H2,1-5H3,(H,22,24). The number of nitrogens with zero attached hydrogens (tertiary/aromatic N) is 1. The van der Waals surface area contributed by atoms with E-state index in [0.29, 0.717) is 12.3 Å². The van der Waals surface area contributed by atoms with Crippen LogP contribution in [0.15, 0.2) is 36.4 Å². The highest BCUT2D eigenvalue weighted by Gasteiger charge is 2.23. The Kier molecular flexibility index (Phi) is 7.07. The fraction of sp³-hybridized carbons (Fsp3) is 0.381. The van der Waals surface area contributed by atoms with Crippen molar-refractivity contribution >= 4 is 21.6 Å². The topological polar surface area (TPSA) is 75.7 Å². The number of para-hydroxylation sites is 1. The lowest BCUT2D eigenvalue weighted by Gasteiger charge is -2.25. The average molecular weight is 405 g/mol. The van der Waals surface area contributed by atoms with Gasteiger partial charge < -0.3 is 10.1 Å². The van der Waals surface area contributed by atoms with E-state index in [-0.39, 0.29) is 19.0 Å². The molecular formula is C21H28N2O4S. The quantitative estimate of drug-likeness (QED) is 0.687. The molecular weight excluding hydrogens is 376 g/mol. The first-order chi connectivity index (χ1) is 13.1. The van der Waals surface area contributed by atoms with Gasteiger partial charge >= 0.3 is 0 Å². The van der Waals surface area contributed by atoms with Crippen molar-refractivity contribution in [1.29, 1.82) is 0 Å². The van der Waals surface area contributed by atoms with E-state index < -0.39 is 10.0 Å². The summed E-state index contributed by atoms with van der Waals surface area (Å²) in [5.74, 6) is 0.363. The van der Waals surface area contributed by atoms with E-state index in [9.17, 15) is 13.2 Å². The van der Waals surface area contributed by atoms with Crippen molar-refractivity contribution in [3.05, 3.63) is 58.7 Å². The fourth-order valence-corrected chi connectivity index (χ4v) is 3.88. The van der Waals surface area contributed by atoms with Crippen molar-refractivity contribution in [3.8, 4) is 5.75 Å². The third-order valence-corrected chi connectivity index (χ3v) is 5.66. The summed E-state index contributed by atoms with van der Waals surface area (Å²) < 4.78 is 31.3. The molecule has 2 aromatic rings. The lowest BCUT2D eigenvalue weighted by molar-refractivity contribution is -0.119. The van der Waals surface area contributed by atoms with Crippen LogP contribution in [0.3, 0.4) is 0 Å². The number of aryl methyl sites for hydroxylation is 4. The maximum absolute atomic E-state index is 12.3. The number of carbonyl (C=O) groups is 1. The highest BCUT2D eigenvalue weighted by atomic mass is 32.2. The number of benzene rings is 2. The molecule has 0 aliphatic rings. The molecule has 0 aromatic heterocycles. The van der Waals surface area contributed by atoms with Gasteiger partial charge in [-0.05, 0) is 62.1 Å². The summed E-state index contributed by atoms with van der Waals surface area (Å²) in [7, 11) is -3.60.